The second-order valence-electron chi connectivity index (χ2n) is 14.4. The van der Waals surface area contributed by atoms with Crippen molar-refractivity contribution in [2.45, 2.75) is 76.3 Å². The van der Waals surface area contributed by atoms with Gasteiger partial charge in [-0.3, -0.25) is 0 Å². The fraction of sp³-hybridized carbons (Fsp3) is 0.292. The van der Waals surface area contributed by atoms with Crippen molar-refractivity contribution in [1.82, 2.24) is 4.90 Å². The molecule has 8 rings (SSSR count). The molecule has 0 spiro atoms. The van der Waals surface area contributed by atoms with E-state index in [4.69, 9.17) is 0 Å². The first-order valence-corrected chi connectivity index (χ1v) is 19.1. The summed E-state index contributed by atoms with van der Waals surface area (Å²) >= 11 is 0. The Morgan fingerprint density at radius 2 is 1.24 bits per heavy atom. The van der Waals surface area contributed by atoms with Crippen molar-refractivity contribution in [2.75, 3.05) is 4.90 Å². The zero-order chi connectivity index (χ0) is 33.5. The number of hydrogen-bond donors (Lipinski definition) is 0. The van der Waals surface area contributed by atoms with Gasteiger partial charge in [0.1, 0.15) is 0 Å². The molecule has 0 saturated heterocycles. The normalized spacial score (nSPS) is 26.9. The SMILES string of the molecule is C1=CCC(C2=CCC(N(C3=CCC(C4=CCCC=C4)C=C3)c3ccc(C4=CC=C(N(C5=CCCC=C5)C5C=CC=CC5)CC4)cc3)C=C2)C=C1. The number of anilines is 1. The Hall–Kier alpha value is -4.82. The summed E-state index contributed by atoms with van der Waals surface area (Å²) in [6, 6.07) is 10.1. The zero-order valence-corrected chi connectivity index (χ0v) is 29.3. The van der Waals surface area contributed by atoms with Gasteiger partial charge in [0.2, 0.25) is 0 Å². The molecule has 2 heteroatoms. The predicted molar refractivity (Wildman–Crippen MR) is 213 cm³/mol. The second-order valence-corrected chi connectivity index (χ2v) is 14.4. The van der Waals surface area contributed by atoms with Crippen LogP contribution in [0.3, 0.4) is 0 Å². The number of allylic oxidation sites excluding steroid dienone is 22. The maximum atomic E-state index is 2.58. The van der Waals surface area contributed by atoms with Crippen LogP contribution in [0.15, 0.2) is 186 Å². The minimum atomic E-state index is 0.283. The van der Waals surface area contributed by atoms with Crippen molar-refractivity contribution in [3.8, 4) is 0 Å². The first-order valence-electron chi connectivity index (χ1n) is 19.1. The second kappa shape index (κ2) is 15.4. The Morgan fingerprint density at radius 1 is 0.480 bits per heavy atom. The lowest BCUT2D eigenvalue weighted by molar-refractivity contribution is 0.356. The molecule has 0 fully saturated rings. The first kappa shape index (κ1) is 32.4. The third-order valence-corrected chi connectivity index (χ3v) is 11.2. The minimum Gasteiger partial charge on any atom is -0.338 e. The molecule has 0 bridgehead atoms. The molecule has 0 amide bonds. The lowest BCUT2D eigenvalue weighted by Gasteiger charge is -2.37. The van der Waals surface area contributed by atoms with Crippen LogP contribution < -0.4 is 4.90 Å². The van der Waals surface area contributed by atoms with Gasteiger partial charge in [0, 0.05) is 34.6 Å². The van der Waals surface area contributed by atoms with Crippen LogP contribution in [-0.2, 0) is 0 Å². The maximum absolute atomic E-state index is 2.58. The Morgan fingerprint density at radius 3 is 1.88 bits per heavy atom. The summed E-state index contributed by atoms with van der Waals surface area (Å²) in [4.78, 5) is 5.16. The average Bonchev–Trinajstić information content (AvgIpc) is 3.21. The summed E-state index contributed by atoms with van der Waals surface area (Å²) in [5, 5.41) is 0. The van der Waals surface area contributed by atoms with Gasteiger partial charge in [-0.2, -0.15) is 0 Å². The molecular formula is C48H50N2. The summed E-state index contributed by atoms with van der Waals surface area (Å²) in [6.45, 7) is 0. The van der Waals surface area contributed by atoms with Crippen LogP contribution in [0.4, 0.5) is 5.69 Å². The highest BCUT2D eigenvalue weighted by atomic mass is 15.2. The predicted octanol–water partition coefficient (Wildman–Crippen LogP) is 12.1. The molecule has 4 atom stereocenters. The van der Waals surface area contributed by atoms with E-state index in [0.717, 1.165) is 57.8 Å². The van der Waals surface area contributed by atoms with Gasteiger partial charge in [-0.15, -0.1) is 0 Å². The van der Waals surface area contributed by atoms with Crippen molar-refractivity contribution < 1.29 is 0 Å². The molecule has 0 N–H and O–H groups in total. The lowest BCUT2D eigenvalue weighted by atomic mass is 9.86. The monoisotopic (exact) mass is 654 g/mol. The third-order valence-electron chi connectivity index (χ3n) is 11.2. The summed E-state index contributed by atoms with van der Waals surface area (Å²) in [7, 11) is 0. The van der Waals surface area contributed by atoms with Crippen LogP contribution in [0.5, 0.6) is 0 Å². The number of hydrogen-bond acceptors (Lipinski definition) is 2. The molecule has 252 valence electrons. The fourth-order valence-corrected chi connectivity index (χ4v) is 8.41. The maximum Gasteiger partial charge on any atom is 0.0559 e. The molecule has 0 saturated carbocycles. The van der Waals surface area contributed by atoms with E-state index >= 15 is 0 Å². The molecule has 7 aliphatic carbocycles. The average molecular weight is 655 g/mol. The number of rotatable bonds is 9. The van der Waals surface area contributed by atoms with E-state index in [0.29, 0.717) is 17.9 Å². The van der Waals surface area contributed by atoms with Crippen LogP contribution in [-0.4, -0.2) is 17.0 Å². The van der Waals surface area contributed by atoms with Crippen LogP contribution in [0.2, 0.25) is 0 Å². The van der Waals surface area contributed by atoms with Crippen molar-refractivity contribution in [1.29, 1.82) is 0 Å². The first-order chi connectivity index (χ1) is 24.8. The lowest BCUT2D eigenvalue weighted by Crippen LogP contribution is -2.34. The fourth-order valence-electron chi connectivity index (χ4n) is 8.41. The van der Waals surface area contributed by atoms with Crippen LogP contribution in [0, 0.1) is 11.8 Å². The van der Waals surface area contributed by atoms with E-state index in [1.165, 1.54) is 51.5 Å². The van der Waals surface area contributed by atoms with E-state index in [1.807, 2.05) is 0 Å². The largest absolute Gasteiger partial charge is 0.338 e. The smallest absolute Gasteiger partial charge is 0.0559 e. The van der Waals surface area contributed by atoms with Crippen molar-refractivity contribution >= 4 is 11.3 Å². The molecule has 2 nitrogen and oxygen atoms in total. The third kappa shape index (κ3) is 7.22. The van der Waals surface area contributed by atoms with Crippen molar-refractivity contribution in [3.05, 3.63) is 192 Å². The highest BCUT2D eigenvalue weighted by Gasteiger charge is 2.26. The Kier molecular flexibility index (Phi) is 9.96. The highest BCUT2D eigenvalue weighted by molar-refractivity contribution is 5.71. The summed E-state index contributed by atoms with van der Waals surface area (Å²) in [5.41, 5.74) is 11.0. The van der Waals surface area contributed by atoms with Gasteiger partial charge in [0.05, 0.1) is 12.1 Å². The summed E-state index contributed by atoms with van der Waals surface area (Å²) in [5.74, 6) is 0.968. The molecule has 0 heterocycles. The van der Waals surface area contributed by atoms with Crippen molar-refractivity contribution in [3.63, 3.8) is 0 Å². The molecule has 50 heavy (non-hydrogen) atoms. The van der Waals surface area contributed by atoms with Crippen molar-refractivity contribution in [2.24, 2.45) is 11.8 Å². The van der Waals surface area contributed by atoms with Gasteiger partial charge in [0.25, 0.3) is 0 Å². The Balaban J connectivity index is 1.03. The van der Waals surface area contributed by atoms with E-state index in [1.54, 1.807) is 0 Å². The van der Waals surface area contributed by atoms with E-state index in [-0.39, 0.29) is 6.04 Å². The van der Waals surface area contributed by atoms with E-state index < -0.39 is 0 Å². The minimum absolute atomic E-state index is 0.283. The van der Waals surface area contributed by atoms with Gasteiger partial charge in [0.15, 0.2) is 0 Å². The Bertz CT molecular complexity index is 1870. The van der Waals surface area contributed by atoms with Crippen LogP contribution in [0.1, 0.15) is 69.8 Å². The van der Waals surface area contributed by atoms with E-state index in [9.17, 15) is 0 Å². The molecule has 4 unspecified atom stereocenters. The number of benzene rings is 1. The van der Waals surface area contributed by atoms with E-state index in [2.05, 4.69) is 168 Å². The topological polar surface area (TPSA) is 6.48 Å². The standard InChI is InChI=1S/C48H50N2/c1-5-13-37(14-6-1)39-21-29-46(30-22-39)50(47-31-23-40(24-32-47)38-15-7-2-8-16-38)48-35-27-42(28-36-48)41-25-33-45(34-26-41)49(43-17-9-3-10-18-43)44-19-11-4-12-20-44/h1,3,5-7,9-11,13,15-17,19-23,25,27-29,31-33,35-37,40,43,46H,2,4,8,12,14,18,24,26,30,34H2. The van der Waals surface area contributed by atoms with Gasteiger partial charge in [-0.25, -0.2) is 0 Å². The molecule has 0 aromatic heterocycles. The molecule has 1 aromatic rings. The Labute approximate surface area is 300 Å². The van der Waals surface area contributed by atoms with Gasteiger partial charge in [-0.1, -0.05) is 128 Å². The summed E-state index contributed by atoms with van der Waals surface area (Å²) in [6.07, 6.45) is 62.4. The zero-order valence-electron chi connectivity index (χ0n) is 29.3. The molecule has 1 aromatic carbocycles. The number of nitrogens with zero attached hydrogens (tertiary/aromatic N) is 2. The summed E-state index contributed by atoms with van der Waals surface area (Å²) < 4.78 is 0. The van der Waals surface area contributed by atoms with Crippen LogP contribution >= 0.6 is 0 Å². The van der Waals surface area contributed by atoms with Gasteiger partial charge in [-0.05, 0) is 117 Å². The van der Waals surface area contributed by atoms with Crippen LogP contribution in [0.25, 0.3) is 5.57 Å². The molecule has 7 aliphatic rings. The van der Waals surface area contributed by atoms with Gasteiger partial charge >= 0.3 is 0 Å². The quantitative estimate of drug-likeness (QED) is 0.261. The van der Waals surface area contributed by atoms with Gasteiger partial charge < -0.3 is 9.80 Å². The molecule has 0 radical (unpaired) electrons. The molecular weight excluding hydrogens is 605 g/mol. The molecule has 0 aliphatic heterocycles. The highest BCUT2D eigenvalue weighted by Crippen LogP contribution is 2.38.